The minimum absolute atomic E-state index is 0.0458. The van der Waals surface area contributed by atoms with Gasteiger partial charge < -0.3 is 14.8 Å². The molecule has 20 heavy (non-hydrogen) atoms. The van der Waals surface area contributed by atoms with Crippen LogP contribution in [0.5, 0.6) is 11.5 Å². The van der Waals surface area contributed by atoms with Crippen molar-refractivity contribution in [3.05, 3.63) is 22.2 Å². The topological polar surface area (TPSA) is 54.3 Å². The normalized spacial score (nSPS) is 12.7. The summed E-state index contributed by atoms with van der Waals surface area (Å²) in [5.41, 5.74) is 1.13. The average Bonchev–Trinajstić information content (AvgIpc) is 2.37. The molecule has 1 aromatic rings. The molecule has 0 aliphatic carbocycles. The molecule has 4 nitrogen and oxygen atoms in total. The Morgan fingerprint density at radius 3 is 2.55 bits per heavy atom. The van der Waals surface area contributed by atoms with E-state index in [9.17, 15) is 0 Å². The molecular formula is C15H21BrN2O2. The molecule has 1 N–H and O–H groups in total. The van der Waals surface area contributed by atoms with E-state index in [2.05, 4.69) is 42.0 Å². The second kappa shape index (κ2) is 6.96. The van der Waals surface area contributed by atoms with Crippen molar-refractivity contribution in [2.24, 2.45) is 0 Å². The highest BCUT2D eigenvalue weighted by atomic mass is 79.9. The maximum atomic E-state index is 8.84. The minimum Gasteiger partial charge on any atom is -0.493 e. The summed E-state index contributed by atoms with van der Waals surface area (Å²) in [7, 11) is 1.59. The third-order valence-corrected chi connectivity index (χ3v) is 3.18. The van der Waals surface area contributed by atoms with Crippen LogP contribution in [0.4, 0.5) is 0 Å². The number of nitrogens with one attached hydrogen (secondary N) is 1. The lowest BCUT2D eigenvalue weighted by atomic mass is 10.1. The number of hydrogen-bond donors (Lipinski definition) is 1. The lowest BCUT2D eigenvalue weighted by molar-refractivity contribution is 0.258. The number of nitrogens with zero attached hydrogens (tertiary/aromatic N) is 1. The average molecular weight is 341 g/mol. The number of ether oxygens (including phenoxy) is 2. The molecule has 0 heterocycles. The Morgan fingerprint density at radius 2 is 2.05 bits per heavy atom. The molecule has 5 heteroatoms. The van der Waals surface area contributed by atoms with E-state index in [4.69, 9.17) is 14.7 Å². The van der Waals surface area contributed by atoms with E-state index in [1.807, 2.05) is 18.2 Å². The molecule has 1 rings (SSSR count). The van der Waals surface area contributed by atoms with Gasteiger partial charge in [-0.1, -0.05) is 0 Å². The Bertz CT molecular complexity index is 504. The first-order valence-electron chi connectivity index (χ1n) is 6.44. The summed E-state index contributed by atoms with van der Waals surface area (Å²) in [4.78, 5) is 0. The molecular weight excluding hydrogens is 320 g/mol. The van der Waals surface area contributed by atoms with E-state index in [1.54, 1.807) is 14.0 Å². The third kappa shape index (κ3) is 5.03. The van der Waals surface area contributed by atoms with Gasteiger partial charge in [0.2, 0.25) is 0 Å². The van der Waals surface area contributed by atoms with Gasteiger partial charge in [-0.15, -0.1) is 0 Å². The van der Waals surface area contributed by atoms with Gasteiger partial charge in [0.05, 0.1) is 11.6 Å². The fourth-order valence-corrected chi connectivity index (χ4v) is 2.14. The second-order valence-corrected chi connectivity index (χ2v) is 6.46. The first-order chi connectivity index (χ1) is 9.26. The molecule has 0 bridgehead atoms. The van der Waals surface area contributed by atoms with E-state index in [0.29, 0.717) is 11.5 Å². The Balaban J connectivity index is 2.98. The lowest BCUT2D eigenvalue weighted by Gasteiger charge is -2.21. The monoisotopic (exact) mass is 340 g/mol. The van der Waals surface area contributed by atoms with Gasteiger partial charge in [-0.25, -0.2) is 0 Å². The Labute approximate surface area is 129 Å². The van der Waals surface area contributed by atoms with Crippen molar-refractivity contribution < 1.29 is 9.47 Å². The molecule has 0 saturated carbocycles. The summed E-state index contributed by atoms with van der Waals surface area (Å²) in [5.74, 6) is 1.17. The summed E-state index contributed by atoms with van der Waals surface area (Å²) >= 11 is 3.47. The number of methoxy groups -OCH3 is 1. The standard InChI is InChI=1S/C15H21BrN2O2/c1-10(8-17)20-14-12(16)6-11(7-13(14)19-5)9-18-15(2,3)4/h6-7,10,18H,9H2,1-5H3. The molecule has 0 fully saturated rings. The molecule has 0 aliphatic heterocycles. The number of rotatable bonds is 5. The predicted octanol–water partition coefficient (Wildman–Crippen LogP) is 3.64. The predicted molar refractivity (Wildman–Crippen MR) is 83.0 cm³/mol. The van der Waals surface area contributed by atoms with Crippen LogP contribution < -0.4 is 14.8 Å². The Morgan fingerprint density at radius 1 is 1.40 bits per heavy atom. The van der Waals surface area contributed by atoms with Crippen LogP contribution in [-0.2, 0) is 6.54 Å². The van der Waals surface area contributed by atoms with E-state index in [-0.39, 0.29) is 5.54 Å². The molecule has 0 saturated heterocycles. The van der Waals surface area contributed by atoms with Crippen LogP contribution >= 0.6 is 15.9 Å². The van der Waals surface area contributed by atoms with Gasteiger partial charge in [-0.2, -0.15) is 5.26 Å². The first-order valence-corrected chi connectivity index (χ1v) is 7.24. The van der Waals surface area contributed by atoms with Gasteiger partial charge in [-0.3, -0.25) is 0 Å². The zero-order chi connectivity index (χ0) is 15.3. The van der Waals surface area contributed by atoms with Gasteiger partial charge in [-0.05, 0) is 61.3 Å². The van der Waals surface area contributed by atoms with Crippen LogP contribution in [0, 0.1) is 11.3 Å². The van der Waals surface area contributed by atoms with Crippen molar-refractivity contribution in [2.75, 3.05) is 7.11 Å². The molecule has 0 spiro atoms. The smallest absolute Gasteiger partial charge is 0.181 e. The van der Waals surface area contributed by atoms with Crippen LogP contribution in [0.25, 0.3) is 0 Å². The molecule has 0 radical (unpaired) electrons. The summed E-state index contributed by atoms with van der Waals surface area (Å²) in [6.07, 6.45) is -0.529. The molecule has 0 aromatic heterocycles. The number of nitriles is 1. The van der Waals surface area contributed by atoms with E-state index < -0.39 is 6.10 Å². The van der Waals surface area contributed by atoms with Crippen molar-refractivity contribution >= 4 is 15.9 Å². The van der Waals surface area contributed by atoms with Crippen LogP contribution in [-0.4, -0.2) is 18.8 Å². The van der Waals surface area contributed by atoms with Crippen LogP contribution in [0.2, 0.25) is 0 Å². The first kappa shape index (κ1) is 16.8. The quantitative estimate of drug-likeness (QED) is 0.888. The Hall–Kier alpha value is -1.25. The molecule has 0 aliphatic rings. The van der Waals surface area contributed by atoms with E-state index >= 15 is 0 Å². The van der Waals surface area contributed by atoms with Gasteiger partial charge in [0.1, 0.15) is 6.07 Å². The van der Waals surface area contributed by atoms with Gasteiger partial charge >= 0.3 is 0 Å². The number of benzene rings is 1. The van der Waals surface area contributed by atoms with Crippen molar-refractivity contribution in [2.45, 2.75) is 45.9 Å². The summed E-state index contributed by atoms with van der Waals surface area (Å²) in [6, 6.07) is 5.93. The van der Waals surface area contributed by atoms with Crippen molar-refractivity contribution in [1.82, 2.24) is 5.32 Å². The van der Waals surface area contributed by atoms with Gasteiger partial charge in [0, 0.05) is 12.1 Å². The number of halogens is 1. The third-order valence-electron chi connectivity index (χ3n) is 2.59. The molecule has 1 atom stereocenters. The Kier molecular flexibility index (Phi) is 5.85. The largest absolute Gasteiger partial charge is 0.493 e. The maximum Gasteiger partial charge on any atom is 0.181 e. The van der Waals surface area contributed by atoms with Crippen molar-refractivity contribution in [3.63, 3.8) is 0 Å². The summed E-state index contributed by atoms with van der Waals surface area (Å²) in [5, 5.41) is 12.3. The number of hydrogen-bond acceptors (Lipinski definition) is 4. The fraction of sp³-hybridized carbons (Fsp3) is 0.533. The van der Waals surface area contributed by atoms with Gasteiger partial charge in [0.15, 0.2) is 17.6 Å². The maximum absolute atomic E-state index is 8.84. The summed E-state index contributed by atoms with van der Waals surface area (Å²) < 4.78 is 11.7. The zero-order valence-electron chi connectivity index (χ0n) is 12.6. The molecule has 110 valence electrons. The van der Waals surface area contributed by atoms with Crippen LogP contribution in [0.15, 0.2) is 16.6 Å². The van der Waals surface area contributed by atoms with E-state index in [0.717, 1.165) is 16.6 Å². The molecule has 1 unspecified atom stereocenters. The fourth-order valence-electron chi connectivity index (χ4n) is 1.56. The highest BCUT2D eigenvalue weighted by Crippen LogP contribution is 2.37. The van der Waals surface area contributed by atoms with E-state index in [1.165, 1.54) is 0 Å². The SMILES string of the molecule is COc1cc(CNC(C)(C)C)cc(Br)c1OC(C)C#N. The zero-order valence-corrected chi connectivity index (χ0v) is 14.2. The second-order valence-electron chi connectivity index (χ2n) is 5.60. The lowest BCUT2D eigenvalue weighted by Crippen LogP contribution is -2.35. The van der Waals surface area contributed by atoms with Crippen molar-refractivity contribution in [3.8, 4) is 17.6 Å². The molecule has 1 aromatic carbocycles. The summed E-state index contributed by atoms with van der Waals surface area (Å²) in [6.45, 7) is 8.77. The highest BCUT2D eigenvalue weighted by molar-refractivity contribution is 9.10. The van der Waals surface area contributed by atoms with Gasteiger partial charge in [0.25, 0.3) is 0 Å². The minimum atomic E-state index is -0.529. The molecule has 0 amide bonds. The van der Waals surface area contributed by atoms with Crippen molar-refractivity contribution in [1.29, 1.82) is 5.26 Å². The van der Waals surface area contributed by atoms with Crippen LogP contribution in [0.3, 0.4) is 0 Å². The van der Waals surface area contributed by atoms with Crippen LogP contribution in [0.1, 0.15) is 33.3 Å². The highest BCUT2D eigenvalue weighted by Gasteiger charge is 2.15.